The van der Waals surface area contributed by atoms with Crippen molar-refractivity contribution in [2.45, 2.75) is 25.7 Å². The van der Waals surface area contributed by atoms with Crippen molar-refractivity contribution in [3.63, 3.8) is 0 Å². The molecular formula is C22H15F5N4O3. The van der Waals surface area contributed by atoms with E-state index < -0.39 is 48.1 Å². The third-order valence-corrected chi connectivity index (χ3v) is 4.83. The maximum Gasteiger partial charge on any atom is 0.455 e. The van der Waals surface area contributed by atoms with Crippen molar-refractivity contribution >= 4 is 16.8 Å². The van der Waals surface area contributed by atoms with Crippen LogP contribution in [-0.4, -0.2) is 21.0 Å². The SMILES string of the molecule is CC(NC(=O)c1ccnc2c(OCc3c(F)cccc3F)cccc12)c1nc(C(F)(F)F)no1. The van der Waals surface area contributed by atoms with Crippen molar-refractivity contribution in [1.29, 1.82) is 0 Å². The number of alkyl halides is 3. The van der Waals surface area contributed by atoms with Gasteiger partial charge in [0, 0.05) is 11.6 Å². The standard InChI is InChI=1S/C22H15F5N4O3/c1-11(20-30-21(31-34-20)22(25,26)27)29-19(32)13-8-9-28-18-12(13)4-2-7-17(18)33-10-14-15(23)5-3-6-16(14)24/h2-9,11H,10H2,1H3,(H,29,32). The summed E-state index contributed by atoms with van der Waals surface area (Å²) >= 11 is 0. The van der Waals surface area contributed by atoms with Crippen molar-refractivity contribution in [1.82, 2.24) is 20.4 Å². The molecule has 1 unspecified atom stereocenters. The Balaban J connectivity index is 1.56. The van der Waals surface area contributed by atoms with E-state index in [0.717, 1.165) is 12.1 Å². The van der Waals surface area contributed by atoms with Crippen LogP contribution >= 0.6 is 0 Å². The summed E-state index contributed by atoms with van der Waals surface area (Å²) in [6, 6.07) is 8.48. The van der Waals surface area contributed by atoms with Gasteiger partial charge in [-0.05, 0) is 31.2 Å². The van der Waals surface area contributed by atoms with Crippen LogP contribution in [0.4, 0.5) is 22.0 Å². The van der Waals surface area contributed by atoms with Gasteiger partial charge in [0.2, 0.25) is 5.89 Å². The number of nitrogens with one attached hydrogen (secondary N) is 1. The number of benzene rings is 2. The zero-order valence-electron chi connectivity index (χ0n) is 17.4. The van der Waals surface area contributed by atoms with Crippen molar-refractivity contribution in [2.24, 2.45) is 0 Å². The number of aromatic nitrogens is 3. The van der Waals surface area contributed by atoms with Crippen molar-refractivity contribution < 1.29 is 36.0 Å². The molecule has 0 aliphatic rings. The lowest BCUT2D eigenvalue weighted by atomic mass is 10.1. The molecule has 0 aliphatic carbocycles. The summed E-state index contributed by atoms with van der Waals surface area (Å²) in [6.07, 6.45) is -3.46. The highest BCUT2D eigenvalue weighted by atomic mass is 19.4. The van der Waals surface area contributed by atoms with Gasteiger partial charge in [-0.3, -0.25) is 9.78 Å². The van der Waals surface area contributed by atoms with E-state index >= 15 is 0 Å². The van der Waals surface area contributed by atoms with Crippen LogP contribution in [0.15, 0.2) is 53.2 Å². The van der Waals surface area contributed by atoms with Crippen LogP contribution < -0.4 is 10.1 Å². The predicted octanol–water partition coefficient (Wildman–Crippen LogP) is 4.98. The smallest absolute Gasteiger partial charge is 0.455 e. The summed E-state index contributed by atoms with van der Waals surface area (Å²) in [5.41, 5.74) is 0.117. The first-order chi connectivity index (χ1) is 16.1. The molecule has 0 fully saturated rings. The highest BCUT2D eigenvalue weighted by molar-refractivity contribution is 6.07. The second-order valence-corrected chi connectivity index (χ2v) is 7.15. The number of hydrogen-bond donors (Lipinski definition) is 1. The average molecular weight is 478 g/mol. The first kappa shape index (κ1) is 23.1. The van der Waals surface area contributed by atoms with E-state index in [2.05, 4.69) is 25.0 Å². The van der Waals surface area contributed by atoms with Gasteiger partial charge in [-0.15, -0.1) is 0 Å². The first-order valence-corrected chi connectivity index (χ1v) is 9.80. The predicted molar refractivity (Wildman–Crippen MR) is 108 cm³/mol. The minimum Gasteiger partial charge on any atom is -0.486 e. The van der Waals surface area contributed by atoms with Gasteiger partial charge < -0.3 is 14.6 Å². The summed E-state index contributed by atoms with van der Waals surface area (Å²) < 4.78 is 76.0. The van der Waals surface area contributed by atoms with Crippen LogP contribution in [0.1, 0.15) is 40.6 Å². The fraction of sp³-hybridized carbons (Fsp3) is 0.182. The highest BCUT2D eigenvalue weighted by Crippen LogP contribution is 2.29. The summed E-state index contributed by atoms with van der Waals surface area (Å²) in [6.45, 7) is 0.970. The fourth-order valence-corrected chi connectivity index (χ4v) is 3.15. The Hall–Kier alpha value is -4.09. The minimum absolute atomic E-state index is 0.134. The number of nitrogens with zero attached hydrogens (tertiary/aromatic N) is 3. The first-order valence-electron chi connectivity index (χ1n) is 9.80. The molecule has 0 saturated carbocycles. The van der Waals surface area contributed by atoms with Crippen LogP contribution in [0.3, 0.4) is 0 Å². The molecule has 34 heavy (non-hydrogen) atoms. The third kappa shape index (κ3) is 4.65. The topological polar surface area (TPSA) is 90.1 Å². The van der Waals surface area contributed by atoms with Gasteiger partial charge >= 0.3 is 6.18 Å². The van der Waals surface area contributed by atoms with Gasteiger partial charge in [0.1, 0.15) is 35.5 Å². The van der Waals surface area contributed by atoms with Crippen LogP contribution in [0.25, 0.3) is 10.9 Å². The molecule has 7 nitrogen and oxygen atoms in total. The number of hydrogen-bond acceptors (Lipinski definition) is 6. The van der Waals surface area contributed by atoms with Gasteiger partial charge in [-0.25, -0.2) is 8.78 Å². The molecule has 2 heterocycles. The maximum atomic E-state index is 13.9. The molecule has 12 heteroatoms. The van der Waals surface area contributed by atoms with E-state index in [-0.39, 0.29) is 22.4 Å². The number of ether oxygens (including phenoxy) is 1. The average Bonchev–Trinajstić information content (AvgIpc) is 3.29. The molecule has 4 aromatic rings. The lowest BCUT2D eigenvalue weighted by Gasteiger charge is -2.13. The van der Waals surface area contributed by atoms with Crippen molar-refractivity contribution in [3.8, 4) is 5.75 Å². The molecule has 0 spiro atoms. The fourth-order valence-electron chi connectivity index (χ4n) is 3.15. The summed E-state index contributed by atoms with van der Waals surface area (Å²) in [5, 5.41) is 5.70. The Morgan fingerprint density at radius 2 is 1.82 bits per heavy atom. The third-order valence-electron chi connectivity index (χ3n) is 4.83. The molecule has 1 N–H and O–H groups in total. The van der Waals surface area contributed by atoms with Crippen LogP contribution in [0, 0.1) is 11.6 Å². The van der Waals surface area contributed by atoms with Gasteiger partial charge in [-0.2, -0.15) is 18.2 Å². The molecule has 2 aromatic heterocycles. The number of pyridine rings is 1. The second-order valence-electron chi connectivity index (χ2n) is 7.15. The van der Waals surface area contributed by atoms with Crippen molar-refractivity contribution in [2.75, 3.05) is 0 Å². The number of carbonyl (C=O) groups excluding carboxylic acids is 1. The van der Waals surface area contributed by atoms with E-state index in [4.69, 9.17) is 4.74 Å². The van der Waals surface area contributed by atoms with E-state index in [9.17, 15) is 26.7 Å². The molecule has 0 saturated heterocycles. The summed E-state index contributed by atoms with van der Waals surface area (Å²) in [7, 11) is 0. The molecule has 0 aliphatic heterocycles. The van der Waals surface area contributed by atoms with Crippen LogP contribution in [0.5, 0.6) is 5.75 Å². The maximum absolute atomic E-state index is 13.9. The lowest BCUT2D eigenvalue weighted by Crippen LogP contribution is -2.27. The zero-order valence-corrected chi connectivity index (χ0v) is 17.4. The molecule has 1 atom stereocenters. The molecule has 176 valence electrons. The normalized spacial score (nSPS) is 12.5. The van der Waals surface area contributed by atoms with Crippen molar-refractivity contribution in [3.05, 3.63) is 83.1 Å². The monoisotopic (exact) mass is 478 g/mol. The Morgan fingerprint density at radius 1 is 1.12 bits per heavy atom. The molecule has 2 aromatic carbocycles. The Bertz CT molecular complexity index is 1340. The Kier molecular flexibility index (Phi) is 6.14. The van der Waals surface area contributed by atoms with E-state index in [1.165, 1.54) is 31.3 Å². The number of para-hydroxylation sites is 1. The Morgan fingerprint density at radius 3 is 2.50 bits per heavy atom. The van der Waals surface area contributed by atoms with Crippen LogP contribution in [-0.2, 0) is 12.8 Å². The summed E-state index contributed by atoms with van der Waals surface area (Å²) in [5.74, 6) is -3.88. The second kappa shape index (κ2) is 9.04. The number of halogens is 5. The zero-order chi connectivity index (χ0) is 24.5. The number of rotatable bonds is 6. The largest absolute Gasteiger partial charge is 0.486 e. The van der Waals surface area contributed by atoms with E-state index in [1.54, 1.807) is 12.1 Å². The Labute approximate surface area is 188 Å². The quantitative estimate of drug-likeness (QED) is 0.393. The molecule has 1 amide bonds. The van der Waals surface area contributed by atoms with E-state index in [0.29, 0.717) is 5.39 Å². The number of carbonyl (C=O) groups is 1. The summed E-state index contributed by atoms with van der Waals surface area (Å²) in [4.78, 5) is 20.3. The number of fused-ring (bicyclic) bond motifs is 1. The number of amides is 1. The van der Waals surface area contributed by atoms with Gasteiger partial charge in [0.05, 0.1) is 11.1 Å². The van der Waals surface area contributed by atoms with Gasteiger partial charge in [0.25, 0.3) is 11.7 Å². The van der Waals surface area contributed by atoms with Gasteiger partial charge in [0.15, 0.2) is 0 Å². The van der Waals surface area contributed by atoms with Gasteiger partial charge in [-0.1, -0.05) is 23.4 Å². The minimum atomic E-state index is -4.78. The molecular weight excluding hydrogens is 463 g/mol. The molecule has 0 radical (unpaired) electrons. The molecule has 0 bridgehead atoms. The molecule has 4 rings (SSSR count). The lowest BCUT2D eigenvalue weighted by molar-refractivity contribution is -0.146. The highest BCUT2D eigenvalue weighted by Gasteiger charge is 2.38. The van der Waals surface area contributed by atoms with Crippen LogP contribution in [0.2, 0.25) is 0 Å². The van der Waals surface area contributed by atoms with E-state index in [1.807, 2.05) is 0 Å².